The fourth-order valence-corrected chi connectivity index (χ4v) is 3.31. The molecule has 1 aromatic rings. The number of benzene rings is 1. The van der Waals surface area contributed by atoms with E-state index in [1.165, 1.54) is 44.9 Å². The third-order valence-electron chi connectivity index (χ3n) is 4.84. The van der Waals surface area contributed by atoms with Gasteiger partial charge in [-0.2, -0.15) is 8.78 Å². The Morgan fingerprint density at radius 3 is 2.33 bits per heavy atom. The van der Waals surface area contributed by atoms with Crippen molar-refractivity contribution in [2.75, 3.05) is 7.11 Å². The van der Waals surface area contributed by atoms with E-state index in [0.29, 0.717) is 5.92 Å². The zero-order chi connectivity index (χ0) is 17.5. The van der Waals surface area contributed by atoms with Gasteiger partial charge < -0.3 is 9.47 Å². The molecule has 0 N–H and O–H groups in total. The number of carbonyl (C=O) groups is 1. The first-order valence-electron chi connectivity index (χ1n) is 8.80. The van der Waals surface area contributed by atoms with Crippen LogP contribution in [-0.4, -0.2) is 13.1 Å². The zero-order valence-corrected chi connectivity index (χ0v) is 14.4. The highest BCUT2D eigenvalue weighted by molar-refractivity contribution is 5.75. The van der Waals surface area contributed by atoms with Crippen LogP contribution in [0.2, 0.25) is 0 Å². The van der Waals surface area contributed by atoms with E-state index in [1.54, 1.807) is 0 Å². The molecule has 1 aliphatic carbocycles. The summed E-state index contributed by atoms with van der Waals surface area (Å²) in [7, 11) is 1.25. The van der Waals surface area contributed by atoms with Gasteiger partial charge in [0.05, 0.1) is 13.0 Å². The number of esters is 1. The Labute approximate surface area is 142 Å². The summed E-state index contributed by atoms with van der Waals surface area (Å²) in [6, 6.07) is 2.48. The minimum atomic E-state index is -1.18. The number of carbonyl (C=O) groups excluding carboxylic acids is 1. The summed E-state index contributed by atoms with van der Waals surface area (Å²) in [5.41, 5.74) is 0. The van der Waals surface area contributed by atoms with E-state index in [0.717, 1.165) is 25.7 Å². The molecule has 1 saturated carbocycles. The minimum Gasteiger partial charge on any atom is -0.494 e. The lowest BCUT2D eigenvalue weighted by Crippen LogP contribution is -2.26. The molecule has 1 aliphatic rings. The maximum atomic E-state index is 13.9. The summed E-state index contributed by atoms with van der Waals surface area (Å²) < 4.78 is 37.3. The van der Waals surface area contributed by atoms with Crippen LogP contribution in [-0.2, 0) is 4.79 Å². The van der Waals surface area contributed by atoms with Crippen LogP contribution in [0.3, 0.4) is 0 Å². The number of methoxy groups -OCH3 is 1. The van der Waals surface area contributed by atoms with Crippen LogP contribution >= 0.6 is 0 Å². The average molecular weight is 340 g/mol. The van der Waals surface area contributed by atoms with Gasteiger partial charge in [0, 0.05) is 0 Å². The Hall–Kier alpha value is -1.65. The van der Waals surface area contributed by atoms with E-state index in [1.807, 2.05) is 0 Å². The van der Waals surface area contributed by atoms with Crippen LogP contribution in [0.1, 0.15) is 58.3 Å². The first kappa shape index (κ1) is 18.7. The minimum absolute atomic E-state index is 0.208. The van der Waals surface area contributed by atoms with Gasteiger partial charge in [-0.15, -0.1) is 0 Å². The van der Waals surface area contributed by atoms with E-state index in [2.05, 4.69) is 6.92 Å². The normalized spacial score (nSPS) is 20.7. The molecule has 1 aromatic carbocycles. The van der Waals surface area contributed by atoms with Crippen molar-refractivity contribution in [3.63, 3.8) is 0 Å². The third-order valence-corrected chi connectivity index (χ3v) is 4.84. The molecule has 0 unspecified atom stereocenters. The lowest BCUT2D eigenvalue weighted by atomic mass is 9.80. The number of hydrogen-bond donors (Lipinski definition) is 0. The maximum Gasteiger partial charge on any atom is 0.314 e. The lowest BCUT2D eigenvalue weighted by molar-refractivity contribution is -0.140. The highest BCUT2D eigenvalue weighted by Crippen LogP contribution is 2.34. The van der Waals surface area contributed by atoms with Gasteiger partial charge in [-0.1, -0.05) is 32.6 Å². The third kappa shape index (κ3) is 4.68. The summed E-state index contributed by atoms with van der Waals surface area (Å²) in [4.78, 5) is 12.2. The lowest BCUT2D eigenvalue weighted by Gasteiger charge is -2.27. The van der Waals surface area contributed by atoms with E-state index < -0.39 is 17.6 Å². The fourth-order valence-electron chi connectivity index (χ4n) is 3.31. The molecule has 2 rings (SSSR count). The molecule has 0 aliphatic heterocycles. The Morgan fingerprint density at radius 2 is 1.71 bits per heavy atom. The molecular formula is C19H26F2O3. The van der Waals surface area contributed by atoms with Crippen molar-refractivity contribution in [3.8, 4) is 11.5 Å². The predicted octanol–water partition coefficient (Wildman–Crippen LogP) is 5.27. The molecule has 0 saturated heterocycles. The smallest absolute Gasteiger partial charge is 0.314 e. The van der Waals surface area contributed by atoms with E-state index >= 15 is 0 Å². The number of ether oxygens (including phenoxy) is 2. The number of unbranched alkanes of at least 4 members (excludes halogenated alkanes) is 2. The van der Waals surface area contributed by atoms with Gasteiger partial charge in [-0.25, -0.2) is 0 Å². The first-order valence-corrected chi connectivity index (χ1v) is 8.80. The summed E-state index contributed by atoms with van der Waals surface area (Å²) >= 11 is 0. The van der Waals surface area contributed by atoms with Crippen LogP contribution in [0.25, 0.3) is 0 Å². The molecule has 0 atom stereocenters. The Bertz CT molecular complexity index is 552. The van der Waals surface area contributed by atoms with Crippen LogP contribution in [0, 0.1) is 23.5 Å². The largest absolute Gasteiger partial charge is 0.494 e. The van der Waals surface area contributed by atoms with Gasteiger partial charge in [-0.05, 0) is 43.7 Å². The monoisotopic (exact) mass is 340 g/mol. The number of hydrogen-bond acceptors (Lipinski definition) is 3. The molecule has 0 amide bonds. The molecule has 134 valence electrons. The van der Waals surface area contributed by atoms with E-state index in [9.17, 15) is 13.6 Å². The van der Waals surface area contributed by atoms with Gasteiger partial charge >= 0.3 is 5.97 Å². The highest BCUT2D eigenvalue weighted by Gasteiger charge is 2.28. The van der Waals surface area contributed by atoms with Crippen LogP contribution in [0.5, 0.6) is 11.5 Å². The number of halogens is 2. The average Bonchev–Trinajstić information content (AvgIpc) is 2.60. The zero-order valence-electron chi connectivity index (χ0n) is 14.4. The second kappa shape index (κ2) is 9.00. The Kier molecular flexibility index (Phi) is 7.00. The molecule has 0 bridgehead atoms. The van der Waals surface area contributed by atoms with Crippen molar-refractivity contribution in [3.05, 3.63) is 23.8 Å². The number of rotatable bonds is 7. The van der Waals surface area contributed by atoms with Crippen LogP contribution in [0.15, 0.2) is 12.1 Å². The fraction of sp³-hybridized carbons (Fsp3) is 0.632. The molecule has 0 spiro atoms. The second-order valence-electron chi connectivity index (χ2n) is 6.53. The summed E-state index contributed by atoms with van der Waals surface area (Å²) in [6.45, 7) is 2.19. The predicted molar refractivity (Wildman–Crippen MR) is 88.1 cm³/mol. The van der Waals surface area contributed by atoms with Gasteiger partial charge in [-0.3, -0.25) is 4.79 Å². The standard InChI is InChI=1S/C19H26F2O3/c1-3-4-5-6-13-7-9-14(10-8-13)19(22)24-16-12-11-15(23-2)17(20)18(16)21/h11-14H,3-10H2,1-2H3. The summed E-state index contributed by atoms with van der Waals surface area (Å²) in [5.74, 6) is -2.92. The molecule has 3 nitrogen and oxygen atoms in total. The topological polar surface area (TPSA) is 35.5 Å². The van der Waals surface area contributed by atoms with Crippen molar-refractivity contribution in [1.82, 2.24) is 0 Å². The van der Waals surface area contributed by atoms with Gasteiger partial charge in [0.15, 0.2) is 11.5 Å². The van der Waals surface area contributed by atoms with Gasteiger partial charge in [0.25, 0.3) is 0 Å². The molecule has 1 fully saturated rings. The first-order chi connectivity index (χ1) is 11.6. The summed E-state index contributed by atoms with van der Waals surface area (Å²) in [5, 5.41) is 0. The molecule has 0 heterocycles. The molecule has 0 aromatic heterocycles. The van der Waals surface area contributed by atoms with Crippen molar-refractivity contribution >= 4 is 5.97 Å². The Balaban J connectivity index is 1.87. The maximum absolute atomic E-state index is 13.9. The quantitative estimate of drug-likeness (QED) is 0.385. The highest BCUT2D eigenvalue weighted by atomic mass is 19.2. The van der Waals surface area contributed by atoms with Crippen LogP contribution in [0.4, 0.5) is 8.78 Å². The van der Waals surface area contributed by atoms with Crippen molar-refractivity contribution in [2.24, 2.45) is 11.8 Å². The van der Waals surface area contributed by atoms with Crippen LogP contribution < -0.4 is 9.47 Å². The molecule has 24 heavy (non-hydrogen) atoms. The summed E-state index contributed by atoms with van der Waals surface area (Å²) in [6.07, 6.45) is 8.45. The SMILES string of the molecule is CCCCCC1CCC(C(=O)Oc2ccc(OC)c(F)c2F)CC1. The van der Waals surface area contributed by atoms with Crippen molar-refractivity contribution < 1.29 is 23.0 Å². The molecular weight excluding hydrogens is 314 g/mol. The molecule has 0 radical (unpaired) electrons. The molecule has 5 heteroatoms. The Morgan fingerprint density at radius 1 is 1.08 bits per heavy atom. The van der Waals surface area contributed by atoms with E-state index in [-0.39, 0.29) is 17.4 Å². The van der Waals surface area contributed by atoms with Gasteiger partial charge in [0.2, 0.25) is 11.6 Å². The van der Waals surface area contributed by atoms with Crippen molar-refractivity contribution in [2.45, 2.75) is 58.3 Å². The second-order valence-corrected chi connectivity index (χ2v) is 6.53. The van der Waals surface area contributed by atoms with Gasteiger partial charge in [0.1, 0.15) is 0 Å². The van der Waals surface area contributed by atoms with Crippen molar-refractivity contribution in [1.29, 1.82) is 0 Å². The van der Waals surface area contributed by atoms with E-state index in [4.69, 9.17) is 9.47 Å².